The summed E-state index contributed by atoms with van der Waals surface area (Å²) in [6, 6.07) is 27.1. The van der Waals surface area contributed by atoms with Crippen molar-refractivity contribution in [1.29, 1.82) is 0 Å². The van der Waals surface area contributed by atoms with Gasteiger partial charge in [-0.25, -0.2) is 9.32 Å². The van der Waals surface area contributed by atoms with Crippen LogP contribution >= 0.6 is 30.6 Å². The fraction of sp³-hybridized carbons (Fsp3) is 0.444. The summed E-state index contributed by atoms with van der Waals surface area (Å²) in [7, 11) is 0. The van der Waals surface area contributed by atoms with E-state index in [1.807, 2.05) is 0 Å². The fourth-order valence-electron chi connectivity index (χ4n) is 9.10. The number of hydrogen-bond donors (Lipinski definition) is 0. The van der Waals surface area contributed by atoms with Gasteiger partial charge in [0.15, 0.2) is 0 Å². The van der Waals surface area contributed by atoms with Crippen molar-refractivity contribution in [3.8, 4) is 22.7 Å². The molecule has 336 valence electrons. The van der Waals surface area contributed by atoms with E-state index >= 15 is 0 Å². The summed E-state index contributed by atoms with van der Waals surface area (Å²) in [5, 5.41) is 0. The molecule has 9 heteroatoms. The summed E-state index contributed by atoms with van der Waals surface area (Å²) in [5.41, 5.74) is 13.4. The monoisotopic (exact) mass is 990 g/mol. The Morgan fingerprint density at radius 1 is 0.317 bits per heavy atom. The van der Waals surface area contributed by atoms with Crippen LogP contribution in [-0.4, -0.2) is 23.9 Å². The first-order chi connectivity index (χ1) is 29.7. The molecule has 2 aromatic heterocycles. The van der Waals surface area contributed by atoms with Crippen molar-refractivity contribution in [2.45, 2.75) is 158 Å². The highest BCUT2D eigenvalue weighted by molar-refractivity contribution is 9.51. The predicted molar refractivity (Wildman–Crippen MR) is 278 cm³/mol. The Morgan fingerprint density at radius 2 is 0.476 bits per heavy atom. The molecule has 0 unspecified atom stereocenters. The standard InChI is InChI=1S/C54H72Br2N6Si/c1-33(2)41-21-17-22-42(34(3)4)49(41)59-29-30-60(50-43(35(5)6)23-18-24-44(50)36(7)8)53(59)57-63(55,56)58-54-61(51-45(37(9)10)25-19-26-46(51)38(11)12)31-32-62(54)52-47(39(13)14)27-20-28-48(52)40(15)16/h17-40H,1-16H3. The number of para-hydroxylation sites is 4. The van der Waals surface area contributed by atoms with Crippen molar-refractivity contribution in [1.82, 2.24) is 18.3 Å². The van der Waals surface area contributed by atoms with Crippen LogP contribution in [0, 0.1) is 0 Å². The smallest absolute Gasteiger partial charge is 0.286 e. The summed E-state index contributed by atoms with van der Waals surface area (Å²) < 4.78 is 21.1. The lowest BCUT2D eigenvalue weighted by atomic mass is 9.92. The van der Waals surface area contributed by atoms with E-state index in [0.29, 0.717) is 47.3 Å². The van der Waals surface area contributed by atoms with Crippen LogP contribution in [0.3, 0.4) is 0 Å². The van der Waals surface area contributed by atoms with Gasteiger partial charge in [0.2, 0.25) is 11.2 Å². The van der Waals surface area contributed by atoms with Gasteiger partial charge >= 0.3 is 5.64 Å². The maximum atomic E-state index is 5.88. The Kier molecular flexibility index (Phi) is 15.2. The van der Waals surface area contributed by atoms with Gasteiger partial charge in [0.1, 0.15) is 0 Å². The number of nitrogens with zero attached hydrogens (tertiary/aromatic N) is 6. The van der Waals surface area contributed by atoms with Gasteiger partial charge in [-0.1, -0.05) is 214 Å². The average Bonchev–Trinajstić information content (AvgIpc) is 3.81. The van der Waals surface area contributed by atoms with Crippen molar-refractivity contribution < 1.29 is 0 Å². The van der Waals surface area contributed by atoms with E-state index < -0.39 is 5.64 Å². The second-order valence-electron chi connectivity index (χ2n) is 19.8. The number of imidazole rings is 2. The molecule has 0 aliphatic carbocycles. The Morgan fingerprint density at radius 3 is 0.619 bits per heavy atom. The second kappa shape index (κ2) is 19.7. The summed E-state index contributed by atoms with van der Waals surface area (Å²) in [6.07, 6.45) is 8.90. The second-order valence-corrected chi connectivity index (χ2v) is 31.1. The van der Waals surface area contributed by atoms with Gasteiger partial charge in [0.25, 0.3) is 0 Å². The van der Waals surface area contributed by atoms with E-state index in [-0.39, 0.29) is 0 Å². The minimum atomic E-state index is -3.33. The van der Waals surface area contributed by atoms with Crippen molar-refractivity contribution in [2.24, 2.45) is 9.32 Å². The van der Waals surface area contributed by atoms with Crippen LogP contribution < -0.4 is 11.2 Å². The van der Waals surface area contributed by atoms with Gasteiger partial charge in [-0.2, -0.15) is 0 Å². The zero-order valence-corrected chi connectivity index (χ0v) is 45.0. The number of hydrogen-bond acceptors (Lipinski definition) is 2. The van der Waals surface area contributed by atoms with E-state index in [1.165, 1.54) is 67.3 Å². The Labute approximate surface area is 395 Å². The van der Waals surface area contributed by atoms with Crippen LogP contribution in [-0.2, 0) is 0 Å². The Hall–Kier alpha value is -3.92. The zero-order valence-electron chi connectivity index (χ0n) is 40.8. The third kappa shape index (κ3) is 9.86. The first kappa shape index (κ1) is 48.5. The molecular weight excluding hydrogens is 921 g/mol. The predicted octanol–water partition coefficient (Wildman–Crippen LogP) is 15.6. The van der Waals surface area contributed by atoms with Gasteiger partial charge in [-0.3, -0.25) is 18.3 Å². The van der Waals surface area contributed by atoms with E-state index in [1.54, 1.807) is 0 Å². The van der Waals surface area contributed by atoms with E-state index in [0.717, 1.165) is 11.2 Å². The average molecular weight is 993 g/mol. The van der Waals surface area contributed by atoms with Crippen molar-refractivity contribution in [3.05, 3.63) is 153 Å². The van der Waals surface area contributed by atoms with Crippen LogP contribution in [0.1, 0.15) is 203 Å². The zero-order chi connectivity index (χ0) is 46.2. The van der Waals surface area contributed by atoms with Crippen LogP contribution in [0.2, 0.25) is 0 Å². The summed E-state index contributed by atoms with van der Waals surface area (Å²) in [5.74, 6) is 2.38. The third-order valence-electron chi connectivity index (χ3n) is 12.4. The SMILES string of the molecule is CC(C)c1cccc(C(C)C)c1-n1ccn(-c2c(C(C)C)cccc2C(C)C)c1=N[Si](Br)(Br)N=c1n(-c2c(C(C)C)cccc2C(C)C)ccn1-c1c(C(C)C)cccc1C(C)C. The van der Waals surface area contributed by atoms with Crippen LogP contribution in [0.4, 0.5) is 0 Å². The lowest BCUT2D eigenvalue weighted by molar-refractivity contribution is 0.761. The minimum absolute atomic E-state index is 0.297. The molecule has 2 heterocycles. The molecule has 0 saturated carbocycles. The number of rotatable bonds is 14. The molecule has 0 atom stereocenters. The van der Waals surface area contributed by atoms with E-state index in [2.05, 4.69) is 257 Å². The van der Waals surface area contributed by atoms with Gasteiger partial charge in [-0.05, 0) is 91.9 Å². The van der Waals surface area contributed by atoms with Crippen LogP contribution in [0.5, 0.6) is 0 Å². The highest BCUT2D eigenvalue weighted by atomic mass is 79.9. The summed E-state index contributed by atoms with van der Waals surface area (Å²) in [6.45, 7) is 36.7. The molecule has 6 aromatic rings. The lowest BCUT2D eigenvalue weighted by Gasteiger charge is -2.23. The van der Waals surface area contributed by atoms with Crippen molar-refractivity contribution in [3.63, 3.8) is 0 Å². The molecule has 0 N–H and O–H groups in total. The highest BCUT2D eigenvalue weighted by Crippen LogP contribution is 2.36. The molecule has 6 rings (SSSR count). The van der Waals surface area contributed by atoms with Crippen LogP contribution in [0.25, 0.3) is 22.7 Å². The molecule has 0 saturated heterocycles. The quantitative estimate of drug-likeness (QED) is 0.0771. The third-order valence-corrected chi connectivity index (χ3v) is 15.5. The molecule has 0 amide bonds. The molecule has 0 aliphatic heterocycles. The molecule has 0 aliphatic rings. The van der Waals surface area contributed by atoms with Gasteiger partial charge < -0.3 is 0 Å². The Balaban J connectivity index is 1.84. The van der Waals surface area contributed by atoms with Gasteiger partial charge in [-0.15, -0.1) is 0 Å². The molecule has 0 radical (unpaired) electrons. The molecule has 6 nitrogen and oxygen atoms in total. The topological polar surface area (TPSA) is 44.4 Å². The first-order valence-electron chi connectivity index (χ1n) is 23.3. The maximum Gasteiger partial charge on any atom is 0.455 e. The van der Waals surface area contributed by atoms with Crippen LogP contribution in [0.15, 0.2) is 107 Å². The Bertz CT molecular complexity index is 2240. The molecular formula is C54H72Br2N6Si. The molecule has 0 spiro atoms. The maximum absolute atomic E-state index is 5.88. The number of halogens is 2. The summed E-state index contributed by atoms with van der Waals surface area (Å²) >= 11 is 8.60. The molecule has 0 bridgehead atoms. The van der Waals surface area contributed by atoms with Gasteiger partial charge in [0, 0.05) is 24.8 Å². The molecule has 0 fully saturated rings. The minimum Gasteiger partial charge on any atom is -0.286 e. The van der Waals surface area contributed by atoms with Gasteiger partial charge in [0.05, 0.1) is 22.7 Å². The first-order valence-corrected chi connectivity index (χ1v) is 29.7. The van der Waals surface area contributed by atoms with Crippen molar-refractivity contribution in [2.75, 3.05) is 0 Å². The largest absolute Gasteiger partial charge is 0.455 e. The summed E-state index contributed by atoms with van der Waals surface area (Å²) in [4.78, 5) is 0. The highest BCUT2D eigenvalue weighted by Gasteiger charge is 2.32. The van der Waals surface area contributed by atoms with Crippen molar-refractivity contribution >= 4 is 36.2 Å². The van der Waals surface area contributed by atoms with E-state index in [9.17, 15) is 0 Å². The molecule has 4 aromatic carbocycles. The number of benzene rings is 4. The number of aromatic nitrogens is 4. The molecule has 63 heavy (non-hydrogen) atoms. The fourth-order valence-corrected chi connectivity index (χ4v) is 12.0. The normalized spacial score (nSPS) is 12.5. The lowest BCUT2D eigenvalue weighted by Crippen LogP contribution is -2.35. The van der Waals surface area contributed by atoms with E-state index in [4.69, 9.17) is 9.32 Å².